The topological polar surface area (TPSA) is 52.0 Å². The van der Waals surface area contributed by atoms with E-state index in [1.165, 1.54) is 54.2 Å². The minimum Gasteiger partial charge on any atom is -0.398 e. The van der Waals surface area contributed by atoms with Crippen LogP contribution in [-0.4, -0.2) is 0 Å². The molecule has 0 atom stereocenters. The van der Waals surface area contributed by atoms with Gasteiger partial charge in [-0.25, -0.2) is 0 Å². The first kappa shape index (κ1) is 13.4. The summed E-state index contributed by atoms with van der Waals surface area (Å²) in [5.74, 6) is 0. The van der Waals surface area contributed by atoms with Crippen LogP contribution in [0.3, 0.4) is 0 Å². The second-order valence-electron chi connectivity index (χ2n) is 6.76. The third-order valence-electron chi connectivity index (χ3n) is 5.38. The van der Waals surface area contributed by atoms with Crippen molar-refractivity contribution in [3.05, 3.63) is 59.7 Å². The zero-order valence-corrected chi connectivity index (χ0v) is 13.8. The van der Waals surface area contributed by atoms with Gasteiger partial charge in [-0.1, -0.05) is 36.4 Å². The van der Waals surface area contributed by atoms with E-state index in [0.717, 1.165) is 11.4 Å². The fraction of sp³-hybridized carbons (Fsp3) is 0.0909. The van der Waals surface area contributed by atoms with Crippen LogP contribution in [0.25, 0.3) is 43.1 Å². The molecule has 0 saturated heterocycles. The maximum atomic E-state index is 6.32. The standard InChI is InChI=1S/C22H18N2/c1-11-3-5-13-16-8-10-18(24)20-12(2)4-6-14(22(16)20)15-7-9-17(23)19(11)21(13)15/h3-10H,23-24H2,1-2H3. The highest BCUT2D eigenvalue weighted by atomic mass is 14.6. The Morgan fingerprint density at radius 1 is 0.458 bits per heavy atom. The average molecular weight is 310 g/mol. The number of nitrogens with two attached hydrogens (primary N) is 2. The van der Waals surface area contributed by atoms with Crippen LogP contribution in [-0.2, 0) is 0 Å². The van der Waals surface area contributed by atoms with Crippen molar-refractivity contribution >= 4 is 54.5 Å². The zero-order valence-electron chi connectivity index (χ0n) is 13.8. The van der Waals surface area contributed by atoms with Gasteiger partial charge in [0.05, 0.1) is 0 Å². The highest BCUT2D eigenvalue weighted by molar-refractivity contribution is 6.35. The van der Waals surface area contributed by atoms with E-state index in [0.29, 0.717) is 0 Å². The molecule has 0 aromatic heterocycles. The fourth-order valence-electron chi connectivity index (χ4n) is 4.29. The molecular formula is C22H18N2. The predicted molar refractivity (Wildman–Crippen MR) is 106 cm³/mol. The van der Waals surface area contributed by atoms with Crippen molar-refractivity contribution in [2.45, 2.75) is 13.8 Å². The van der Waals surface area contributed by atoms with Crippen molar-refractivity contribution in [1.29, 1.82) is 0 Å². The molecule has 0 saturated carbocycles. The molecule has 2 nitrogen and oxygen atoms in total. The molecule has 4 N–H and O–H groups in total. The molecule has 0 radical (unpaired) electrons. The fourth-order valence-corrected chi connectivity index (χ4v) is 4.29. The third kappa shape index (κ3) is 1.46. The first-order chi connectivity index (χ1) is 11.6. The van der Waals surface area contributed by atoms with Gasteiger partial charge in [0.1, 0.15) is 0 Å². The van der Waals surface area contributed by atoms with Gasteiger partial charge >= 0.3 is 0 Å². The molecule has 0 heterocycles. The summed E-state index contributed by atoms with van der Waals surface area (Å²) in [6.45, 7) is 4.25. The van der Waals surface area contributed by atoms with Crippen LogP contribution in [0.1, 0.15) is 11.1 Å². The Balaban J connectivity index is 2.26. The number of fused-ring (bicyclic) bond motifs is 2. The van der Waals surface area contributed by atoms with Crippen LogP contribution in [0.2, 0.25) is 0 Å². The van der Waals surface area contributed by atoms with Crippen LogP contribution in [0.4, 0.5) is 11.4 Å². The molecule has 5 aromatic carbocycles. The van der Waals surface area contributed by atoms with Gasteiger partial charge in [-0.15, -0.1) is 0 Å². The first-order valence-electron chi connectivity index (χ1n) is 8.22. The van der Waals surface area contributed by atoms with Crippen molar-refractivity contribution in [3.8, 4) is 0 Å². The Morgan fingerprint density at radius 2 is 0.792 bits per heavy atom. The number of benzene rings is 5. The van der Waals surface area contributed by atoms with Crippen LogP contribution < -0.4 is 11.5 Å². The molecule has 0 amide bonds. The van der Waals surface area contributed by atoms with E-state index >= 15 is 0 Å². The Bertz CT molecular complexity index is 1090. The molecule has 5 aromatic rings. The maximum Gasteiger partial charge on any atom is 0.0397 e. The van der Waals surface area contributed by atoms with E-state index in [1.54, 1.807) is 0 Å². The lowest BCUT2D eigenvalue weighted by Gasteiger charge is -2.18. The van der Waals surface area contributed by atoms with Gasteiger partial charge in [0.25, 0.3) is 0 Å². The van der Waals surface area contributed by atoms with E-state index in [-0.39, 0.29) is 0 Å². The quantitative estimate of drug-likeness (QED) is 0.225. The van der Waals surface area contributed by atoms with Gasteiger partial charge in [-0.2, -0.15) is 0 Å². The van der Waals surface area contributed by atoms with Crippen molar-refractivity contribution in [2.24, 2.45) is 0 Å². The highest BCUT2D eigenvalue weighted by Gasteiger charge is 2.16. The monoisotopic (exact) mass is 310 g/mol. The van der Waals surface area contributed by atoms with E-state index < -0.39 is 0 Å². The van der Waals surface area contributed by atoms with Gasteiger partial charge < -0.3 is 11.5 Å². The summed E-state index contributed by atoms with van der Waals surface area (Å²) in [5, 5.41) is 9.86. The summed E-state index contributed by atoms with van der Waals surface area (Å²) in [6, 6.07) is 17.1. The van der Waals surface area contributed by atoms with Gasteiger partial charge in [0.15, 0.2) is 0 Å². The van der Waals surface area contributed by atoms with Crippen molar-refractivity contribution in [2.75, 3.05) is 11.5 Å². The molecule has 0 fully saturated rings. The largest absolute Gasteiger partial charge is 0.398 e. The molecule has 0 unspecified atom stereocenters. The number of anilines is 2. The predicted octanol–water partition coefficient (Wildman–Crippen LogP) is 5.52. The zero-order chi connectivity index (χ0) is 16.6. The van der Waals surface area contributed by atoms with Crippen LogP contribution in [0.15, 0.2) is 48.5 Å². The van der Waals surface area contributed by atoms with Crippen molar-refractivity contribution in [3.63, 3.8) is 0 Å². The Kier molecular flexibility index (Phi) is 2.41. The molecule has 0 spiro atoms. The summed E-state index contributed by atoms with van der Waals surface area (Å²) in [4.78, 5) is 0. The van der Waals surface area contributed by atoms with Crippen molar-refractivity contribution in [1.82, 2.24) is 0 Å². The molecule has 5 rings (SSSR count). The summed E-state index contributed by atoms with van der Waals surface area (Å²) in [6.07, 6.45) is 0. The lowest BCUT2D eigenvalue weighted by Crippen LogP contribution is -1.95. The van der Waals surface area contributed by atoms with E-state index in [4.69, 9.17) is 11.5 Å². The van der Waals surface area contributed by atoms with E-state index in [1.807, 2.05) is 12.1 Å². The molecular weight excluding hydrogens is 292 g/mol. The molecule has 0 aliphatic heterocycles. The van der Waals surface area contributed by atoms with Gasteiger partial charge in [0.2, 0.25) is 0 Å². The summed E-state index contributed by atoms with van der Waals surface area (Å²) in [5.41, 5.74) is 16.8. The van der Waals surface area contributed by atoms with E-state index in [9.17, 15) is 0 Å². The number of hydrogen-bond acceptors (Lipinski definition) is 2. The second-order valence-corrected chi connectivity index (χ2v) is 6.76. The first-order valence-corrected chi connectivity index (χ1v) is 8.22. The molecule has 0 aliphatic rings. The summed E-state index contributed by atoms with van der Waals surface area (Å²) in [7, 11) is 0. The lowest BCUT2D eigenvalue weighted by atomic mass is 9.86. The molecule has 2 heteroatoms. The second kappa shape index (κ2) is 4.30. The van der Waals surface area contributed by atoms with Gasteiger partial charge in [-0.05, 0) is 69.4 Å². The number of nitrogen functional groups attached to an aromatic ring is 2. The van der Waals surface area contributed by atoms with Crippen molar-refractivity contribution < 1.29 is 0 Å². The highest BCUT2D eigenvalue weighted by Crippen LogP contribution is 2.44. The number of hydrogen-bond donors (Lipinski definition) is 2. The average Bonchev–Trinajstić information content (AvgIpc) is 2.57. The molecule has 116 valence electrons. The number of rotatable bonds is 0. The molecule has 24 heavy (non-hydrogen) atoms. The van der Waals surface area contributed by atoms with E-state index in [2.05, 4.69) is 50.2 Å². The van der Waals surface area contributed by atoms with Crippen LogP contribution >= 0.6 is 0 Å². The lowest BCUT2D eigenvalue weighted by molar-refractivity contribution is 1.54. The SMILES string of the molecule is Cc1ccc2c3ccc(N)c4c(C)ccc(c5ccc(N)c1c25)c43. The Morgan fingerprint density at radius 3 is 1.17 bits per heavy atom. The summed E-state index contributed by atoms with van der Waals surface area (Å²) >= 11 is 0. The van der Waals surface area contributed by atoms with Crippen LogP contribution in [0.5, 0.6) is 0 Å². The summed E-state index contributed by atoms with van der Waals surface area (Å²) < 4.78 is 0. The maximum absolute atomic E-state index is 6.32. The smallest absolute Gasteiger partial charge is 0.0397 e. The molecule has 0 bridgehead atoms. The molecule has 0 aliphatic carbocycles. The minimum atomic E-state index is 0.843. The normalized spacial score (nSPS) is 12.1. The van der Waals surface area contributed by atoms with Gasteiger partial charge in [0, 0.05) is 22.1 Å². The van der Waals surface area contributed by atoms with Gasteiger partial charge in [-0.3, -0.25) is 0 Å². The Hall–Kier alpha value is -3.00. The number of aryl methyl sites for hydroxylation is 2. The third-order valence-corrected chi connectivity index (χ3v) is 5.38. The van der Waals surface area contributed by atoms with Crippen LogP contribution in [0, 0.1) is 13.8 Å². The Labute approximate surface area is 140 Å². The minimum absolute atomic E-state index is 0.843.